The average Bonchev–Trinajstić information content (AvgIpc) is 2.78. The van der Waals surface area contributed by atoms with E-state index in [1.165, 1.54) is 24.1 Å². The van der Waals surface area contributed by atoms with E-state index in [4.69, 9.17) is 9.47 Å². The molecule has 32 heavy (non-hydrogen) atoms. The molecule has 1 saturated heterocycles. The van der Waals surface area contributed by atoms with Gasteiger partial charge in [0.05, 0.1) is 18.2 Å². The highest BCUT2D eigenvalue weighted by molar-refractivity contribution is 5.09. The molecule has 2 rings (SSSR count). The van der Waals surface area contributed by atoms with Gasteiger partial charge in [-0.05, 0) is 69.1 Å². The van der Waals surface area contributed by atoms with Crippen molar-refractivity contribution in [1.82, 2.24) is 4.90 Å². The van der Waals surface area contributed by atoms with Crippen molar-refractivity contribution in [3.8, 4) is 0 Å². The highest BCUT2D eigenvalue weighted by atomic mass is 16.5. The summed E-state index contributed by atoms with van der Waals surface area (Å²) in [5.41, 5.74) is 2.42. The molecular weight excluding hydrogens is 398 g/mol. The maximum absolute atomic E-state index is 10.2. The van der Waals surface area contributed by atoms with E-state index in [1.807, 2.05) is 0 Å². The molecule has 0 aromatic heterocycles. The number of allylic oxidation sites excluding steroid dienone is 1. The van der Waals surface area contributed by atoms with Gasteiger partial charge in [0.25, 0.3) is 0 Å². The van der Waals surface area contributed by atoms with E-state index in [1.54, 1.807) is 7.11 Å². The predicted octanol–water partition coefficient (Wildman–Crippen LogP) is 6.47. The summed E-state index contributed by atoms with van der Waals surface area (Å²) in [7, 11) is 1.71. The van der Waals surface area contributed by atoms with Crippen LogP contribution in [0.4, 0.5) is 0 Å². The summed E-state index contributed by atoms with van der Waals surface area (Å²) in [6.07, 6.45) is 8.90. The molecular formula is C28H49NO3. The Morgan fingerprint density at radius 2 is 1.81 bits per heavy atom. The topological polar surface area (TPSA) is 41.9 Å². The zero-order valence-corrected chi connectivity index (χ0v) is 21.4. The number of nitrogens with zero attached hydrogens (tertiary/aromatic N) is 1. The fraction of sp³-hybridized carbons (Fsp3) is 0.786. The first kappa shape index (κ1) is 27.0. The number of piperidine rings is 1. The molecule has 0 aromatic carbocycles. The molecule has 0 bridgehead atoms. The van der Waals surface area contributed by atoms with Crippen molar-refractivity contribution < 1.29 is 14.6 Å². The molecule has 2 aliphatic rings. The molecule has 0 aromatic rings. The van der Waals surface area contributed by atoms with Crippen molar-refractivity contribution in [2.45, 2.75) is 110 Å². The van der Waals surface area contributed by atoms with E-state index in [0.717, 1.165) is 57.2 Å². The van der Waals surface area contributed by atoms with Crippen LogP contribution >= 0.6 is 0 Å². The molecule has 0 spiro atoms. The number of aliphatic hydroxyl groups excluding tert-OH is 1. The van der Waals surface area contributed by atoms with Gasteiger partial charge in [-0.1, -0.05) is 53.0 Å². The van der Waals surface area contributed by atoms with Gasteiger partial charge in [-0.2, -0.15) is 0 Å². The van der Waals surface area contributed by atoms with Gasteiger partial charge in [-0.15, -0.1) is 0 Å². The molecule has 184 valence electrons. The van der Waals surface area contributed by atoms with Crippen LogP contribution in [-0.2, 0) is 9.47 Å². The van der Waals surface area contributed by atoms with Crippen LogP contribution in [0.2, 0.25) is 0 Å². The van der Waals surface area contributed by atoms with E-state index < -0.39 is 0 Å². The van der Waals surface area contributed by atoms with Gasteiger partial charge in [0, 0.05) is 25.8 Å². The fourth-order valence-corrected chi connectivity index (χ4v) is 5.31. The number of aliphatic hydroxyl groups is 1. The molecule has 1 aliphatic heterocycles. The fourth-order valence-electron chi connectivity index (χ4n) is 5.31. The summed E-state index contributed by atoms with van der Waals surface area (Å²) < 4.78 is 12.2. The quantitative estimate of drug-likeness (QED) is 0.275. The van der Waals surface area contributed by atoms with Gasteiger partial charge >= 0.3 is 0 Å². The predicted molar refractivity (Wildman–Crippen MR) is 134 cm³/mol. The Labute approximate surface area is 197 Å². The standard InChI is InChI=1S/C28H49NO3/c1-9-22(6)29-15-11-10-12-25(29)23(7)32-27(17-20(4)19(2)3)21(5)16-24-13-14-26(30)28(18-24)31-8/h19,21,24-28,30H,4,6-7,9-18H2,1-3,5,8H3/t21-,24+,25+,26-,27+,28-/m1/s1. The van der Waals surface area contributed by atoms with Gasteiger partial charge in [0.2, 0.25) is 0 Å². The molecule has 0 radical (unpaired) electrons. The third-order valence-electron chi connectivity index (χ3n) is 7.78. The van der Waals surface area contributed by atoms with Crippen molar-refractivity contribution in [2.75, 3.05) is 13.7 Å². The van der Waals surface area contributed by atoms with Crippen LogP contribution in [0.25, 0.3) is 0 Å². The average molecular weight is 448 g/mol. The largest absolute Gasteiger partial charge is 0.493 e. The first-order valence-corrected chi connectivity index (χ1v) is 12.9. The third kappa shape index (κ3) is 7.38. The molecule has 1 saturated carbocycles. The van der Waals surface area contributed by atoms with Crippen LogP contribution in [0.5, 0.6) is 0 Å². The molecule has 4 nitrogen and oxygen atoms in total. The monoisotopic (exact) mass is 447 g/mol. The Morgan fingerprint density at radius 3 is 2.44 bits per heavy atom. The molecule has 0 amide bonds. The Hall–Kier alpha value is -1.26. The summed E-state index contributed by atoms with van der Waals surface area (Å²) in [6.45, 7) is 23.0. The number of methoxy groups -OCH3 is 1. The van der Waals surface area contributed by atoms with E-state index in [2.05, 4.69) is 52.3 Å². The molecule has 1 aliphatic carbocycles. The zero-order valence-electron chi connectivity index (χ0n) is 21.4. The van der Waals surface area contributed by atoms with Crippen LogP contribution in [-0.4, -0.2) is 48.0 Å². The zero-order chi connectivity index (χ0) is 23.8. The minimum atomic E-state index is -0.331. The number of hydrogen-bond donors (Lipinski definition) is 1. The molecule has 2 fully saturated rings. The van der Waals surface area contributed by atoms with Gasteiger partial charge < -0.3 is 19.5 Å². The summed E-state index contributed by atoms with van der Waals surface area (Å²) in [5.74, 6) is 2.26. The Morgan fingerprint density at radius 1 is 1.09 bits per heavy atom. The Bertz CT molecular complexity index is 628. The number of rotatable bonds is 12. The molecule has 6 atom stereocenters. The first-order valence-electron chi connectivity index (χ1n) is 12.9. The normalized spacial score (nSPS) is 28.3. The highest BCUT2D eigenvalue weighted by Crippen LogP contribution is 2.36. The second kappa shape index (κ2) is 12.8. The Balaban J connectivity index is 2.09. The van der Waals surface area contributed by atoms with Crippen molar-refractivity contribution in [1.29, 1.82) is 0 Å². The van der Waals surface area contributed by atoms with Gasteiger partial charge in [-0.25, -0.2) is 0 Å². The van der Waals surface area contributed by atoms with E-state index >= 15 is 0 Å². The van der Waals surface area contributed by atoms with E-state index in [0.29, 0.717) is 17.8 Å². The SMILES string of the molecule is C=C(C[C@H](OC(=C)[C@@H]1CCCCN1C(=C)CC)[C@H](C)C[C@@H]1CC[C@@H](O)[C@H](OC)C1)C(C)C. The summed E-state index contributed by atoms with van der Waals surface area (Å²) in [5, 5.41) is 10.2. The van der Waals surface area contributed by atoms with Crippen molar-refractivity contribution in [2.24, 2.45) is 17.8 Å². The van der Waals surface area contributed by atoms with E-state index in [-0.39, 0.29) is 24.4 Å². The number of likely N-dealkylation sites (tertiary alicyclic amines) is 1. The van der Waals surface area contributed by atoms with Crippen LogP contribution < -0.4 is 0 Å². The lowest BCUT2D eigenvalue weighted by atomic mass is 9.78. The lowest BCUT2D eigenvalue weighted by Gasteiger charge is -2.41. The van der Waals surface area contributed by atoms with E-state index in [9.17, 15) is 5.11 Å². The lowest BCUT2D eigenvalue weighted by Crippen LogP contribution is -2.41. The summed E-state index contributed by atoms with van der Waals surface area (Å²) >= 11 is 0. The summed E-state index contributed by atoms with van der Waals surface area (Å²) in [6, 6.07) is 0.223. The molecule has 1 heterocycles. The number of ether oxygens (including phenoxy) is 2. The Kier molecular flexibility index (Phi) is 10.8. The summed E-state index contributed by atoms with van der Waals surface area (Å²) in [4.78, 5) is 2.41. The molecule has 1 N–H and O–H groups in total. The molecule has 0 unspecified atom stereocenters. The van der Waals surface area contributed by atoms with Gasteiger partial charge in [0.1, 0.15) is 11.9 Å². The highest BCUT2D eigenvalue weighted by Gasteiger charge is 2.33. The maximum atomic E-state index is 10.2. The van der Waals surface area contributed by atoms with Crippen LogP contribution in [0.3, 0.4) is 0 Å². The maximum Gasteiger partial charge on any atom is 0.112 e. The van der Waals surface area contributed by atoms with Gasteiger partial charge in [0.15, 0.2) is 0 Å². The van der Waals surface area contributed by atoms with Crippen molar-refractivity contribution in [3.63, 3.8) is 0 Å². The van der Waals surface area contributed by atoms with Crippen LogP contribution in [0, 0.1) is 17.8 Å². The second-order valence-electron chi connectivity index (χ2n) is 10.5. The molecule has 4 heteroatoms. The lowest BCUT2D eigenvalue weighted by molar-refractivity contribution is -0.0565. The van der Waals surface area contributed by atoms with Crippen LogP contribution in [0.1, 0.15) is 85.5 Å². The third-order valence-corrected chi connectivity index (χ3v) is 7.78. The van der Waals surface area contributed by atoms with Crippen LogP contribution in [0.15, 0.2) is 36.8 Å². The minimum Gasteiger partial charge on any atom is -0.493 e. The van der Waals surface area contributed by atoms with Gasteiger partial charge in [-0.3, -0.25) is 0 Å². The number of hydrogen-bond acceptors (Lipinski definition) is 4. The van der Waals surface area contributed by atoms with Crippen molar-refractivity contribution in [3.05, 3.63) is 36.8 Å². The smallest absolute Gasteiger partial charge is 0.112 e. The first-order chi connectivity index (χ1) is 15.2. The van der Waals surface area contributed by atoms with Crippen molar-refractivity contribution >= 4 is 0 Å². The minimum absolute atomic E-state index is 0.0447. The second-order valence-corrected chi connectivity index (χ2v) is 10.5.